The molecule has 5 heteroatoms. The van der Waals surface area contributed by atoms with Crippen LogP contribution in [0.2, 0.25) is 0 Å². The van der Waals surface area contributed by atoms with Crippen LogP contribution in [0, 0.1) is 5.92 Å². The Labute approximate surface area is 142 Å². The number of nitrogens with zero attached hydrogens (tertiary/aromatic N) is 1. The van der Waals surface area contributed by atoms with Gasteiger partial charge in [0.25, 0.3) is 0 Å². The average Bonchev–Trinajstić information content (AvgIpc) is 3.16. The first kappa shape index (κ1) is 16.9. The van der Waals surface area contributed by atoms with Gasteiger partial charge in [0.05, 0.1) is 37.9 Å². The van der Waals surface area contributed by atoms with Gasteiger partial charge >= 0.3 is 0 Å². The summed E-state index contributed by atoms with van der Waals surface area (Å²) in [5.41, 5.74) is 0.934. The molecule has 1 saturated carbocycles. The Kier molecular flexibility index (Phi) is 5.39. The van der Waals surface area contributed by atoms with Gasteiger partial charge in [-0.2, -0.15) is 11.3 Å². The van der Waals surface area contributed by atoms with Crippen molar-refractivity contribution in [3.8, 4) is 0 Å². The quantitative estimate of drug-likeness (QED) is 0.829. The molecule has 2 heterocycles. The third-order valence-corrected chi connectivity index (χ3v) is 5.76. The SMILES string of the molecule is CC(C)OC[C@@H]1CCC[C@@]12CN(C(=O)Cc1ccsc1)CCO2. The van der Waals surface area contributed by atoms with Crippen molar-refractivity contribution in [1.82, 2.24) is 4.90 Å². The van der Waals surface area contributed by atoms with Crippen LogP contribution in [0.15, 0.2) is 16.8 Å². The number of ether oxygens (including phenoxy) is 2. The van der Waals surface area contributed by atoms with Crippen LogP contribution in [-0.4, -0.2) is 48.8 Å². The monoisotopic (exact) mass is 337 g/mol. The number of morpholine rings is 1. The van der Waals surface area contributed by atoms with Gasteiger partial charge in [0.1, 0.15) is 0 Å². The van der Waals surface area contributed by atoms with Gasteiger partial charge < -0.3 is 14.4 Å². The van der Waals surface area contributed by atoms with Crippen molar-refractivity contribution in [3.05, 3.63) is 22.4 Å². The summed E-state index contributed by atoms with van der Waals surface area (Å²) in [5, 5.41) is 4.09. The van der Waals surface area contributed by atoms with Crippen LogP contribution in [0.3, 0.4) is 0 Å². The molecule has 1 saturated heterocycles. The molecule has 0 radical (unpaired) electrons. The van der Waals surface area contributed by atoms with Gasteiger partial charge in [-0.3, -0.25) is 4.79 Å². The van der Waals surface area contributed by atoms with E-state index in [9.17, 15) is 4.79 Å². The molecule has 4 nitrogen and oxygen atoms in total. The minimum absolute atomic E-state index is 0.183. The normalized spacial score (nSPS) is 28.0. The topological polar surface area (TPSA) is 38.8 Å². The number of carbonyl (C=O) groups excluding carboxylic acids is 1. The van der Waals surface area contributed by atoms with Gasteiger partial charge in [0, 0.05) is 12.5 Å². The molecule has 1 spiro atoms. The number of hydrogen-bond donors (Lipinski definition) is 0. The predicted molar refractivity (Wildman–Crippen MR) is 91.7 cm³/mol. The predicted octanol–water partition coefficient (Wildman–Crippen LogP) is 3.11. The number of amides is 1. The molecule has 3 rings (SSSR count). The fraction of sp³-hybridized carbons (Fsp3) is 0.722. The van der Waals surface area contributed by atoms with Crippen LogP contribution in [0.25, 0.3) is 0 Å². The zero-order valence-corrected chi connectivity index (χ0v) is 14.9. The van der Waals surface area contributed by atoms with E-state index in [1.807, 2.05) is 16.3 Å². The second-order valence-corrected chi connectivity index (χ2v) is 7.79. The van der Waals surface area contributed by atoms with Crippen LogP contribution in [0.5, 0.6) is 0 Å². The second-order valence-electron chi connectivity index (χ2n) is 7.01. The van der Waals surface area contributed by atoms with Gasteiger partial charge in [0.15, 0.2) is 0 Å². The molecular weight excluding hydrogens is 310 g/mol. The summed E-state index contributed by atoms with van der Waals surface area (Å²) < 4.78 is 12.1. The first-order valence-electron chi connectivity index (χ1n) is 8.63. The smallest absolute Gasteiger partial charge is 0.227 e. The van der Waals surface area contributed by atoms with E-state index < -0.39 is 0 Å². The Balaban J connectivity index is 1.63. The highest BCUT2D eigenvalue weighted by Gasteiger charge is 2.47. The maximum absolute atomic E-state index is 12.6. The van der Waals surface area contributed by atoms with Crippen molar-refractivity contribution in [2.24, 2.45) is 5.92 Å². The molecule has 23 heavy (non-hydrogen) atoms. The molecule has 2 fully saturated rings. The lowest BCUT2D eigenvalue weighted by Gasteiger charge is -2.44. The van der Waals surface area contributed by atoms with Gasteiger partial charge in [-0.1, -0.05) is 6.42 Å². The Morgan fingerprint density at radius 2 is 2.43 bits per heavy atom. The summed E-state index contributed by atoms with van der Waals surface area (Å²) in [6.45, 7) is 6.96. The van der Waals surface area contributed by atoms with Crippen molar-refractivity contribution in [2.45, 2.75) is 51.2 Å². The first-order valence-corrected chi connectivity index (χ1v) is 9.58. The van der Waals surface area contributed by atoms with Crippen LogP contribution in [0.1, 0.15) is 38.7 Å². The van der Waals surface area contributed by atoms with Crippen molar-refractivity contribution >= 4 is 17.2 Å². The lowest BCUT2D eigenvalue weighted by Crippen LogP contribution is -2.56. The standard InChI is InChI=1S/C18H27NO3S/c1-14(2)21-11-16-4-3-6-18(16)13-19(7-8-22-18)17(20)10-15-5-9-23-12-15/h5,9,12,14,16H,3-4,6-8,10-11,13H2,1-2H3/t16-,18+/m0/s1. The molecule has 1 aromatic rings. The molecule has 0 unspecified atom stereocenters. The summed E-state index contributed by atoms with van der Waals surface area (Å²) in [4.78, 5) is 14.6. The average molecular weight is 337 g/mol. The highest BCUT2D eigenvalue weighted by atomic mass is 32.1. The Morgan fingerprint density at radius 1 is 1.57 bits per heavy atom. The summed E-state index contributed by atoms with van der Waals surface area (Å²) in [6.07, 6.45) is 4.10. The fourth-order valence-electron chi connectivity index (χ4n) is 3.76. The van der Waals surface area contributed by atoms with Crippen LogP contribution in [-0.2, 0) is 20.7 Å². The van der Waals surface area contributed by atoms with Crippen LogP contribution >= 0.6 is 11.3 Å². The highest BCUT2D eigenvalue weighted by molar-refractivity contribution is 7.07. The second kappa shape index (κ2) is 7.32. The fourth-order valence-corrected chi connectivity index (χ4v) is 4.42. The van der Waals surface area contributed by atoms with Crippen molar-refractivity contribution in [3.63, 3.8) is 0 Å². The summed E-state index contributed by atoms with van der Waals surface area (Å²) in [5.74, 6) is 0.628. The largest absolute Gasteiger partial charge is 0.378 e. The lowest BCUT2D eigenvalue weighted by atomic mass is 9.89. The minimum Gasteiger partial charge on any atom is -0.378 e. The van der Waals surface area contributed by atoms with E-state index in [-0.39, 0.29) is 17.6 Å². The molecule has 128 valence electrons. The molecule has 0 bridgehead atoms. The Hall–Kier alpha value is -0.910. The maximum Gasteiger partial charge on any atom is 0.227 e. The van der Waals surface area contributed by atoms with Gasteiger partial charge in [-0.05, 0) is 49.1 Å². The van der Waals surface area contributed by atoms with Crippen LogP contribution in [0.4, 0.5) is 0 Å². The van der Waals surface area contributed by atoms with E-state index in [0.717, 1.165) is 31.6 Å². The number of carbonyl (C=O) groups is 1. The van der Waals surface area contributed by atoms with Gasteiger partial charge in [-0.25, -0.2) is 0 Å². The van der Waals surface area contributed by atoms with Crippen molar-refractivity contribution < 1.29 is 14.3 Å². The third-order valence-electron chi connectivity index (χ3n) is 5.02. The molecule has 2 aliphatic rings. The molecule has 0 aromatic carbocycles. The van der Waals surface area contributed by atoms with E-state index in [2.05, 4.69) is 19.2 Å². The Morgan fingerprint density at radius 3 is 3.17 bits per heavy atom. The summed E-state index contributed by atoms with van der Waals surface area (Å²) in [6, 6.07) is 2.04. The third kappa shape index (κ3) is 3.95. The summed E-state index contributed by atoms with van der Waals surface area (Å²) in [7, 11) is 0. The van der Waals surface area contributed by atoms with Gasteiger partial charge in [-0.15, -0.1) is 0 Å². The van der Waals surface area contributed by atoms with E-state index in [1.54, 1.807) is 11.3 Å². The van der Waals surface area contributed by atoms with E-state index in [4.69, 9.17) is 9.47 Å². The Bertz CT molecular complexity index is 516. The minimum atomic E-state index is -0.183. The van der Waals surface area contributed by atoms with Crippen LogP contribution < -0.4 is 0 Å². The highest BCUT2D eigenvalue weighted by Crippen LogP contribution is 2.41. The zero-order chi connectivity index (χ0) is 16.3. The maximum atomic E-state index is 12.6. The zero-order valence-electron chi connectivity index (χ0n) is 14.1. The number of rotatable bonds is 5. The van der Waals surface area contributed by atoms with Crippen molar-refractivity contribution in [2.75, 3.05) is 26.3 Å². The molecule has 2 atom stereocenters. The number of thiophene rings is 1. The van der Waals surface area contributed by atoms with Gasteiger partial charge in [0.2, 0.25) is 5.91 Å². The van der Waals surface area contributed by atoms with E-state index in [1.165, 1.54) is 6.42 Å². The molecule has 1 amide bonds. The number of hydrogen-bond acceptors (Lipinski definition) is 4. The van der Waals surface area contributed by atoms with E-state index >= 15 is 0 Å². The first-order chi connectivity index (χ1) is 11.1. The lowest BCUT2D eigenvalue weighted by molar-refractivity contribution is -0.162. The molecule has 0 N–H and O–H groups in total. The molecule has 1 aliphatic heterocycles. The van der Waals surface area contributed by atoms with E-state index in [0.29, 0.717) is 25.5 Å². The molecular formula is C18H27NO3S. The molecule has 1 aromatic heterocycles. The molecule has 1 aliphatic carbocycles. The summed E-state index contributed by atoms with van der Waals surface area (Å²) >= 11 is 1.64. The van der Waals surface area contributed by atoms with Crippen molar-refractivity contribution in [1.29, 1.82) is 0 Å².